The van der Waals surface area contributed by atoms with Crippen molar-refractivity contribution in [2.45, 2.75) is 19.4 Å². The summed E-state index contributed by atoms with van der Waals surface area (Å²) in [6.45, 7) is 2.39. The smallest absolute Gasteiger partial charge is 0.227 e. The summed E-state index contributed by atoms with van der Waals surface area (Å²) in [4.78, 5) is 27.5. The number of hydrogen-bond donors (Lipinski definition) is 1. The average Bonchev–Trinajstić information content (AvgIpc) is 3.16. The van der Waals surface area contributed by atoms with E-state index in [4.69, 9.17) is 0 Å². The fourth-order valence-electron chi connectivity index (χ4n) is 2.72. The maximum Gasteiger partial charge on any atom is 0.227 e. The lowest BCUT2D eigenvalue weighted by atomic mass is 10.1. The Morgan fingerprint density at radius 3 is 2.91 bits per heavy atom. The number of carbonyl (C=O) groups excluding carboxylic acids is 2. The molecule has 1 aromatic heterocycles. The summed E-state index contributed by atoms with van der Waals surface area (Å²) < 4.78 is 0.919. The molecule has 2 amide bonds. The summed E-state index contributed by atoms with van der Waals surface area (Å²) in [6, 6.07) is 11.5. The zero-order valence-electron chi connectivity index (χ0n) is 12.7. The minimum atomic E-state index is -0.302. The molecule has 0 spiro atoms. The maximum absolute atomic E-state index is 12.4. The minimum absolute atomic E-state index is 0.00738. The second-order valence-electron chi connectivity index (χ2n) is 5.63. The summed E-state index contributed by atoms with van der Waals surface area (Å²) in [7, 11) is 0. The van der Waals surface area contributed by atoms with Crippen LogP contribution in [0.2, 0.25) is 0 Å². The van der Waals surface area contributed by atoms with Crippen LogP contribution in [0.1, 0.15) is 24.3 Å². The number of carbonyl (C=O) groups is 2. The molecule has 2 heterocycles. The van der Waals surface area contributed by atoms with Gasteiger partial charge in [0.15, 0.2) is 0 Å². The van der Waals surface area contributed by atoms with Gasteiger partial charge in [-0.25, -0.2) is 0 Å². The van der Waals surface area contributed by atoms with Crippen molar-refractivity contribution < 1.29 is 9.59 Å². The van der Waals surface area contributed by atoms with Gasteiger partial charge in [-0.3, -0.25) is 9.59 Å². The van der Waals surface area contributed by atoms with Crippen molar-refractivity contribution in [3.05, 3.63) is 51.1 Å². The fourth-order valence-corrected chi connectivity index (χ4v) is 3.84. The van der Waals surface area contributed by atoms with E-state index in [0.717, 1.165) is 15.0 Å². The molecule has 0 aliphatic carbocycles. The highest BCUT2D eigenvalue weighted by atomic mass is 79.9. The third-order valence-corrected chi connectivity index (χ3v) is 5.49. The summed E-state index contributed by atoms with van der Waals surface area (Å²) >= 11 is 5.03. The summed E-state index contributed by atoms with van der Waals surface area (Å²) in [5.74, 6) is -0.368. The topological polar surface area (TPSA) is 49.4 Å². The highest BCUT2D eigenvalue weighted by molar-refractivity contribution is 9.10. The number of nitrogens with zero attached hydrogens (tertiary/aromatic N) is 1. The van der Waals surface area contributed by atoms with E-state index in [1.165, 1.54) is 0 Å². The van der Waals surface area contributed by atoms with E-state index in [2.05, 4.69) is 21.2 Å². The molecule has 2 atom stereocenters. The van der Waals surface area contributed by atoms with Crippen molar-refractivity contribution in [2.75, 3.05) is 11.4 Å². The Hall–Kier alpha value is -1.66. The van der Waals surface area contributed by atoms with Crippen molar-refractivity contribution >= 4 is 44.8 Å². The summed E-state index contributed by atoms with van der Waals surface area (Å²) in [5.41, 5.74) is 0.825. The van der Waals surface area contributed by atoms with Crippen LogP contribution < -0.4 is 10.2 Å². The van der Waals surface area contributed by atoms with Gasteiger partial charge in [0.2, 0.25) is 11.8 Å². The van der Waals surface area contributed by atoms with Crippen LogP contribution >= 0.6 is 27.3 Å². The molecule has 1 N–H and O–H groups in total. The Morgan fingerprint density at radius 1 is 1.39 bits per heavy atom. The van der Waals surface area contributed by atoms with Gasteiger partial charge in [-0.2, -0.15) is 0 Å². The number of halogens is 1. The molecule has 0 bridgehead atoms. The van der Waals surface area contributed by atoms with Crippen LogP contribution in [0, 0.1) is 5.92 Å². The molecule has 1 saturated heterocycles. The van der Waals surface area contributed by atoms with Crippen molar-refractivity contribution in [1.82, 2.24) is 5.32 Å². The third-order valence-electron chi connectivity index (χ3n) is 3.94. The Labute approximate surface area is 147 Å². The molecule has 120 valence electrons. The predicted octanol–water partition coefficient (Wildman–Crippen LogP) is 3.74. The molecule has 4 nitrogen and oxygen atoms in total. The number of benzene rings is 1. The third kappa shape index (κ3) is 3.64. The first-order chi connectivity index (χ1) is 11.0. The Balaban J connectivity index is 1.66. The summed E-state index contributed by atoms with van der Waals surface area (Å²) in [6.07, 6.45) is 0.259. The second kappa shape index (κ2) is 6.84. The van der Waals surface area contributed by atoms with Gasteiger partial charge in [-0.15, -0.1) is 11.3 Å². The molecule has 3 rings (SSSR count). The fraction of sp³-hybridized carbons (Fsp3) is 0.294. The van der Waals surface area contributed by atoms with E-state index < -0.39 is 0 Å². The van der Waals surface area contributed by atoms with E-state index in [1.54, 1.807) is 16.2 Å². The molecule has 0 radical (unpaired) electrons. The predicted molar refractivity (Wildman–Crippen MR) is 95.5 cm³/mol. The normalized spacial score (nSPS) is 19.0. The molecule has 6 heteroatoms. The molecule has 2 aromatic rings. The van der Waals surface area contributed by atoms with Crippen molar-refractivity contribution in [1.29, 1.82) is 0 Å². The Bertz CT molecular complexity index is 717. The van der Waals surface area contributed by atoms with Crippen molar-refractivity contribution in [3.63, 3.8) is 0 Å². The van der Waals surface area contributed by atoms with Crippen LogP contribution in [0.15, 0.2) is 46.3 Å². The van der Waals surface area contributed by atoms with Gasteiger partial charge < -0.3 is 10.2 Å². The SMILES string of the molecule is CC(NC(=O)C1CC(=O)N(c2cccc(Br)c2)C1)c1cccs1. The first-order valence-electron chi connectivity index (χ1n) is 7.44. The molecule has 1 aliphatic heterocycles. The van der Waals surface area contributed by atoms with Gasteiger partial charge >= 0.3 is 0 Å². The monoisotopic (exact) mass is 392 g/mol. The van der Waals surface area contributed by atoms with Crippen molar-refractivity contribution in [3.8, 4) is 0 Å². The maximum atomic E-state index is 12.4. The van der Waals surface area contributed by atoms with E-state index in [1.807, 2.05) is 48.7 Å². The lowest BCUT2D eigenvalue weighted by Crippen LogP contribution is -2.34. The lowest BCUT2D eigenvalue weighted by Gasteiger charge is -2.18. The zero-order chi connectivity index (χ0) is 16.4. The molecule has 2 unspecified atom stereocenters. The van der Waals surface area contributed by atoms with Crippen LogP contribution in [-0.2, 0) is 9.59 Å². The van der Waals surface area contributed by atoms with Gasteiger partial charge in [-0.05, 0) is 36.6 Å². The molecule has 0 saturated carbocycles. The zero-order valence-corrected chi connectivity index (χ0v) is 15.1. The molecule has 1 aromatic carbocycles. The van der Waals surface area contributed by atoms with Gasteiger partial charge in [-0.1, -0.05) is 28.1 Å². The number of amides is 2. The quantitative estimate of drug-likeness (QED) is 0.861. The highest BCUT2D eigenvalue weighted by Gasteiger charge is 2.35. The van der Waals surface area contributed by atoms with E-state index >= 15 is 0 Å². The van der Waals surface area contributed by atoms with Crippen LogP contribution in [0.5, 0.6) is 0 Å². The van der Waals surface area contributed by atoms with Crippen LogP contribution in [-0.4, -0.2) is 18.4 Å². The number of hydrogen-bond acceptors (Lipinski definition) is 3. The van der Waals surface area contributed by atoms with Crippen molar-refractivity contribution in [2.24, 2.45) is 5.92 Å². The Kier molecular flexibility index (Phi) is 4.82. The standard InChI is InChI=1S/C17H17BrN2O2S/c1-11(15-6-3-7-23-15)19-17(22)12-8-16(21)20(10-12)14-5-2-4-13(18)9-14/h2-7,9,11-12H,8,10H2,1H3,(H,19,22). The number of anilines is 1. The number of rotatable bonds is 4. The van der Waals surface area contributed by atoms with Crippen LogP contribution in [0.25, 0.3) is 0 Å². The number of thiophene rings is 1. The molecule has 23 heavy (non-hydrogen) atoms. The van der Waals surface area contributed by atoms with Crippen LogP contribution in [0.3, 0.4) is 0 Å². The minimum Gasteiger partial charge on any atom is -0.348 e. The van der Waals surface area contributed by atoms with Gasteiger partial charge in [0.25, 0.3) is 0 Å². The van der Waals surface area contributed by atoms with Crippen LogP contribution in [0.4, 0.5) is 5.69 Å². The largest absolute Gasteiger partial charge is 0.348 e. The average molecular weight is 393 g/mol. The number of nitrogens with one attached hydrogen (secondary N) is 1. The summed E-state index contributed by atoms with van der Waals surface area (Å²) in [5, 5.41) is 5.00. The highest BCUT2D eigenvalue weighted by Crippen LogP contribution is 2.28. The van der Waals surface area contributed by atoms with Gasteiger partial charge in [0.1, 0.15) is 0 Å². The molecular formula is C17H17BrN2O2S. The van der Waals surface area contributed by atoms with Gasteiger partial charge in [0.05, 0.1) is 12.0 Å². The first-order valence-corrected chi connectivity index (χ1v) is 9.11. The molecule has 1 fully saturated rings. The second-order valence-corrected chi connectivity index (χ2v) is 7.53. The Morgan fingerprint density at radius 2 is 2.22 bits per heavy atom. The van der Waals surface area contributed by atoms with Gasteiger partial charge in [0, 0.05) is 28.0 Å². The molecule has 1 aliphatic rings. The van der Waals surface area contributed by atoms with E-state index in [-0.39, 0.29) is 30.2 Å². The van der Waals surface area contributed by atoms with E-state index in [0.29, 0.717) is 6.54 Å². The first kappa shape index (κ1) is 16.2. The van der Waals surface area contributed by atoms with E-state index in [9.17, 15) is 9.59 Å². The lowest BCUT2D eigenvalue weighted by molar-refractivity contribution is -0.126. The molecular weight excluding hydrogens is 376 g/mol.